The number of aliphatic hydroxyl groups is 1. The van der Waals surface area contributed by atoms with Gasteiger partial charge in [-0.25, -0.2) is 0 Å². The number of hydrogen-bond acceptors (Lipinski definition) is 2. The van der Waals surface area contributed by atoms with E-state index in [1.54, 1.807) is 7.11 Å². The molecule has 0 heterocycles. The van der Waals surface area contributed by atoms with Crippen LogP contribution in [0.5, 0.6) is 5.75 Å². The number of ether oxygens (including phenoxy) is 1. The number of aliphatic hydroxyl groups excluding tert-OH is 1. The summed E-state index contributed by atoms with van der Waals surface area (Å²) in [6, 6.07) is 6.35. The molecule has 2 unspecified atom stereocenters. The SMILES string of the molecule is COc1ccc2c(c1)CCC(C(C)CO)C2. The Hall–Kier alpha value is -1.02. The van der Waals surface area contributed by atoms with E-state index in [0.29, 0.717) is 18.4 Å². The molecule has 2 rings (SSSR count). The number of methoxy groups -OCH3 is 1. The van der Waals surface area contributed by atoms with Gasteiger partial charge < -0.3 is 9.84 Å². The molecule has 2 heteroatoms. The van der Waals surface area contributed by atoms with Gasteiger partial charge in [0.2, 0.25) is 0 Å². The van der Waals surface area contributed by atoms with Crippen LogP contribution in [0, 0.1) is 11.8 Å². The summed E-state index contributed by atoms with van der Waals surface area (Å²) in [5, 5.41) is 9.20. The molecule has 0 aliphatic heterocycles. The molecule has 1 aliphatic rings. The highest BCUT2D eigenvalue weighted by Gasteiger charge is 2.23. The lowest BCUT2D eigenvalue weighted by molar-refractivity contribution is 0.178. The fourth-order valence-corrected chi connectivity index (χ4v) is 2.52. The average Bonchev–Trinajstić information content (AvgIpc) is 2.36. The zero-order chi connectivity index (χ0) is 11.5. The Morgan fingerprint density at radius 3 is 2.94 bits per heavy atom. The molecular weight excluding hydrogens is 200 g/mol. The highest BCUT2D eigenvalue weighted by atomic mass is 16.5. The van der Waals surface area contributed by atoms with Crippen molar-refractivity contribution in [1.82, 2.24) is 0 Å². The van der Waals surface area contributed by atoms with Gasteiger partial charge in [-0.05, 0) is 54.4 Å². The predicted octanol–water partition coefficient (Wildman–Crippen LogP) is 2.43. The maximum Gasteiger partial charge on any atom is 0.119 e. The van der Waals surface area contributed by atoms with Gasteiger partial charge >= 0.3 is 0 Å². The van der Waals surface area contributed by atoms with E-state index in [4.69, 9.17) is 4.74 Å². The van der Waals surface area contributed by atoms with Gasteiger partial charge in [0.05, 0.1) is 7.11 Å². The van der Waals surface area contributed by atoms with Gasteiger partial charge in [-0.1, -0.05) is 13.0 Å². The molecule has 1 aliphatic carbocycles. The van der Waals surface area contributed by atoms with Crippen LogP contribution in [-0.4, -0.2) is 18.8 Å². The summed E-state index contributed by atoms with van der Waals surface area (Å²) in [4.78, 5) is 0. The first kappa shape index (κ1) is 11.5. The van der Waals surface area contributed by atoms with Crippen LogP contribution in [0.4, 0.5) is 0 Å². The minimum absolute atomic E-state index is 0.302. The van der Waals surface area contributed by atoms with Crippen LogP contribution in [-0.2, 0) is 12.8 Å². The van der Waals surface area contributed by atoms with Gasteiger partial charge in [0.15, 0.2) is 0 Å². The minimum atomic E-state index is 0.302. The Labute approximate surface area is 97.3 Å². The van der Waals surface area contributed by atoms with Crippen molar-refractivity contribution in [3.8, 4) is 5.75 Å². The number of aryl methyl sites for hydroxylation is 1. The number of rotatable bonds is 3. The van der Waals surface area contributed by atoms with Crippen LogP contribution in [0.15, 0.2) is 18.2 Å². The summed E-state index contributed by atoms with van der Waals surface area (Å²) < 4.78 is 5.24. The second kappa shape index (κ2) is 4.88. The molecule has 0 saturated carbocycles. The minimum Gasteiger partial charge on any atom is -0.497 e. The molecule has 0 fully saturated rings. The Morgan fingerprint density at radius 2 is 2.25 bits per heavy atom. The molecule has 0 radical (unpaired) electrons. The van der Waals surface area contributed by atoms with Crippen molar-refractivity contribution in [1.29, 1.82) is 0 Å². The van der Waals surface area contributed by atoms with Gasteiger partial charge in [-0.2, -0.15) is 0 Å². The largest absolute Gasteiger partial charge is 0.497 e. The smallest absolute Gasteiger partial charge is 0.119 e. The van der Waals surface area contributed by atoms with Crippen molar-refractivity contribution in [2.45, 2.75) is 26.2 Å². The fourth-order valence-electron chi connectivity index (χ4n) is 2.52. The van der Waals surface area contributed by atoms with E-state index in [2.05, 4.69) is 19.1 Å². The Kier molecular flexibility index (Phi) is 3.49. The molecule has 2 nitrogen and oxygen atoms in total. The zero-order valence-corrected chi connectivity index (χ0v) is 10.1. The third kappa shape index (κ3) is 2.22. The third-order valence-corrected chi connectivity index (χ3v) is 3.77. The molecule has 0 bridgehead atoms. The third-order valence-electron chi connectivity index (χ3n) is 3.77. The van der Waals surface area contributed by atoms with Crippen LogP contribution in [0.25, 0.3) is 0 Å². The first-order valence-electron chi connectivity index (χ1n) is 6.01. The van der Waals surface area contributed by atoms with Crippen molar-refractivity contribution < 1.29 is 9.84 Å². The molecule has 1 aromatic carbocycles. The normalized spacial score (nSPS) is 21.3. The van der Waals surface area contributed by atoms with Crippen LogP contribution in [0.3, 0.4) is 0 Å². The lowest BCUT2D eigenvalue weighted by Crippen LogP contribution is -2.23. The zero-order valence-electron chi connectivity index (χ0n) is 10.1. The highest BCUT2D eigenvalue weighted by molar-refractivity contribution is 5.37. The number of fused-ring (bicyclic) bond motifs is 1. The molecule has 0 spiro atoms. The molecule has 1 aromatic rings. The van der Waals surface area contributed by atoms with E-state index >= 15 is 0 Å². The second-order valence-corrected chi connectivity index (χ2v) is 4.80. The predicted molar refractivity (Wildman–Crippen MR) is 64.8 cm³/mol. The van der Waals surface area contributed by atoms with Gasteiger partial charge in [-0.15, -0.1) is 0 Å². The fraction of sp³-hybridized carbons (Fsp3) is 0.571. The average molecular weight is 220 g/mol. The van der Waals surface area contributed by atoms with Crippen molar-refractivity contribution in [3.05, 3.63) is 29.3 Å². The first-order chi connectivity index (χ1) is 7.74. The van der Waals surface area contributed by atoms with Crippen molar-refractivity contribution in [2.75, 3.05) is 13.7 Å². The topological polar surface area (TPSA) is 29.5 Å². The standard InChI is InChI=1S/C14H20O2/c1-10(9-15)11-3-4-13-8-14(16-2)6-5-12(13)7-11/h5-6,8,10-11,15H,3-4,7,9H2,1-2H3. The maximum atomic E-state index is 9.20. The summed E-state index contributed by atoms with van der Waals surface area (Å²) in [6.45, 7) is 2.44. The molecule has 0 amide bonds. The van der Waals surface area contributed by atoms with Crippen molar-refractivity contribution in [2.24, 2.45) is 11.8 Å². The van der Waals surface area contributed by atoms with Crippen molar-refractivity contribution >= 4 is 0 Å². The first-order valence-corrected chi connectivity index (χ1v) is 6.01. The van der Waals surface area contributed by atoms with Crippen LogP contribution in [0.2, 0.25) is 0 Å². The van der Waals surface area contributed by atoms with Crippen LogP contribution >= 0.6 is 0 Å². The number of hydrogen-bond donors (Lipinski definition) is 1. The van der Waals surface area contributed by atoms with E-state index in [9.17, 15) is 5.11 Å². The van der Waals surface area contributed by atoms with Crippen molar-refractivity contribution in [3.63, 3.8) is 0 Å². The summed E-state index contributed by atoms with van der Waals surface area (Å²) in [5.74, 6) is 1.99. The summed E-state index contributed by atoms with van der Waals surface area (Å²) >= 11 is 0. The van der Waals surface area contributed by atoms with E-state index in [-0.39, 0.29) is 0 Å². The molecule has 88 valence electrons. The van der Waals surface area contributed by atoms with E-state index in [1.807, 2.05) is 6.07 Å². The molecule has 16 heavy (non-hydrogen) atoms. The van der Waals surface area contributed by atoms with Gasteiger partial charge in [0.1, 0.15) is 5.75 Å². The maximum absolute atomic E-state index is 9.20. The lowest BCUT2D eigenvalue weighted by Gasteiger charge is -2.28. The Morgan fingerprint density at radius 1 is 1.44 bits per heavy atom. The summed E-state index contributed by atoms with van der Waals surface area (Å²) in [7, 11) is 1.71. The molecule has 1 N–H and O–H groups in total. The van der Waals surface area contributed by atoms with E-state index in [1.165, 1.54) is 17.5 Å². The Balaban J connectivity index is 2.15. The number of benzene rings is 1. The molecule has 2 atom stereocenters. The second-order valence-electron chi connectivity index (χ2n) is 4.80. The molecule has 0 aromatic heterocycles. The monoisotopic (exact) mass is 220 g/mol. The lowest BCUT2D eigenvalue weighted by atomic mass is 9.78. The van der Waals surface area contributed by atoms with Gasteiger partial charge in [0.25, 0.3) is 0 Å². The van der Waals surface area contributed by atoms with Crippen LogP contribution in [0.1, 0.15) is 24.5 Å². The van der Waals surface area contributed by atoms with Crippen LogP contribution < -0.4 is 4.74 Å². The summed E-state index contributed by atoms with van der Waals surface area (Å²) in [6.07, 6.45) is 3.39. The van der Waals surface area contributed by atoms with Gasteiger partial charge in [-0.3, -0.25) is 0 Å². The quantitative estimate of drug-likeness (QED) is 0.847. The molecule has 0 saturated heterocycles. The van der Waals surface area contributed by atoms with E-state index < -0.39 is 0 Å². The van der Waals surface area contributed by atoms with E-state index in [0.717, 1.165) is 18.6 Å². The van der Waals surface area contributed by atoms with Gasteiger partial charge in [0, 0.05) is 6.61 Å². The summed E-state index contributed by atoms with van der Waals surface area (Å²) in [5.41, 5.74) is 2.85. The molecular formula is C14H20O2. The Bertz CT molecular complexity index is 360. The highest BCUT2D eigenvalue weighted by Crippen LogP contribution is 2.32.